The summed E-state index contributed by atoms with van der Waals surface area (Å²) < 4.78 is 5.83. The van der Waals surface area contributed by atoms with Gasteiger partial charge in [0.1, 0.15) is 12.4 Å². The molecule has 4 nitrogen and oxygen atoms in total. The van der Waals surface area contributed by atoms with Crippen LogP contribution in [0.3, 0.4) is 0 Å². The number of hydrogen-bond acceptors (Lipinski definition) is 3. The minimum absolute atomic E-state index is 0.0861. The number of hydrogen-bond donors (Lipinski definition) is 1. The Kier molecular flexibility index (Phi) is 6.33. The Hall–Kier alpha value is -1.26. The summed E-state index contributed by atoms with van der Waals surface area (Å²) in [5, 5.41) is 9.41. The molecule has 0 amide bonds. The molecule has 1 saturated heterocycles. The third kappa shape index (κ3) is 5.56. The summed E-state index contributed by atoms with van der Waals surface area (Å²) in [4.78, 5) is 13.1. The molecule has 116 valence electrons. The lowest BCUT2D eigenvalue weighted by molar-refractivity contribution is -0.136. The predicted octanol–water partition coefficient (Wildman–Crippen LogP) is 3.22. The van der Waals surface area contributed by atoms with E-state index in [1.807, 2.05) is 6.07 Å². The lowest BCUT2D eigenvalue weighted by atomic mass is 10.1. The fourth-order valence-electron chi connectivity index (χ4n) is 2.59. The van der Waals surface area contributed by atoms with Crippen LogP contribution >= 0.6 is 11.6 Å². The van der Waals surface area contributed by atoms with Crippen molar-refractivity contribution in [2.75, 3.05) is 26.2 Å². The van der Waals surface area contributed by atoms with Crippen LogP contribution in [0.2, 0.25) is 5.02 Å². The van der Waals surface area contributed by atoms with Crippen molar-refractivity contribution in [2.45, 2.75) is 32.1 Å². The molecule has 1 aromatic carbocycles. The number of rotatable bonds is 7. The van der Waals surface area contributed by atoms with Crippen molar-refractivity contribution in [3.63, 3.8) is 0 Å². The summed E-state index contributed by atoms with van der Waals surface area (Å²) in [6.07, 6.45) is 4.39. The van der Waals surface area contributed by atoms with E-state index in [2.05, 4.69) is 4.90 Å². The standard InChI is InChI=1S/C16H22ClNO3/c17-14-5-6-15(13(12-14)4-7-16(19)20)21-11-10-18-8-2-1-3-9-18/h5-6,12H,1-4,7-11H2,(H,19,20). The molecule has 0 aromatic heterocycles. The number of carboxylic acids is 1. The molecule has 0 spiro atoms. The first kappa shape index (κ1) is 16.1. The first-order valence-corrected chi connectivity index (χ1v) is 7.88. The van der Waals surface area contributed by atoms with Crippen molar-refractivity contribution in [2.24, 2.45) is 0 Å². The number of benzene rings is 1. The summed E-state index contributed by atoms with van der Waals surface area (Å²) in [5.41, 5.74) is 0.864. The highest BCUT2D eigenvalue weighted by Gasteiger charge is 2.11. The molecule has 1 aromatic rings. The summed E-state index contributed by atoms with van der Waals surface area (Å²) >= 11 is 5.98. The third-order valence-electron chi connectivity index (χ3n) is 3.74. The number of piperidine rings is 1. The van der Waals surface area contributed by atoms with E-state index in [0.717, 1.165) is 30.9 Å². The van der Waals surface area contributed by atoms with Gasteiger partial charge in [0.05, 0.1) is 0 Å². The molecule has 0 atom stereocenters. The van der Waals surface area contributed by atoms with Gasteiger partial charge in [-0.1, -0.05) is 18.0 Å². The second-order valence-corrected chi connectivity index (χ2v) is 5.83. The number of nitrogens with zero attached hydrogens (tertiary/aromatic N) is 1. The molecule has 1 heterocycles. The molecule has 0 bridgehead atoms. The van der Waals surface area contributed by atoms with Gasteiger partial charge in [0.15, 0.2) is 0 Å². The number of halogens is 1. The second-order valence-electron chi connectivity index (χ2n) is 5.40. The van der Waals surface area contributed by atoms with E-state index in [-0.39, 0.29) is 6.42 Å². The maximum absolute atomic E-state index is 10.7. The third-order valence-corrected chi connectivity index (χ3v) is 3.98. The average molecular weight is 312 g/mol. The SMILES string of the molecule is O=C(O)CCc1cc(Cl)ccc1OCCN1CCCCC1. The van der Waals surface area contributed by atoms with Crippen LogP contribution in [0.5, 0.6) is 5.75 Å². The zero-order valence-corrected chi connectivity index (χ0v) is 12.9. The molecule has 1 fully saturated rings. The number of carboxylic acid groups (broad SMARTS) is 1. The van der Waals surface area contributed by atoms with E-state index in [1.165, 1.54) is 19.3 Å². The Bertz CT molecular complexity index is 473. The van der Waals surface area contributed by atoms with Gasteiger partial charge in [0, 0.05) is 18.0 Å². The molecule has 2 rings (SSSR count). The second kappa shape index (κ2) is 8.25. The highest BCUT2D eigenvalue weighted by molar-refractivity contribution is 6.30. The number of likely N-dealkylation sites (tertiary alicyclic amines) is 1. The van der Waals surface area contributed by atoms with Gasteiger partial charge in [0.2, 0.25) is 0 Å². The van der Waals surface area contributed by atoms with Gasteiger partial charge < -0.3 is 9.84 Å². The predicted molar refractivity (Wildman–Crippen MR) is 83.2 cm³/mol. The Labute approximate surface area is 130 Å². The maximum Gasteiger partial charge on any atom is 0.303 e. The van der Waals surface area contributed by atoms with Gasteiger partial charge in [0.25, 0.3) is 0 Å². The van der Waals surface area contributed by atoms with Gasteiger partial charge >= 0.3 is 5.97 Å². The number of ether oxygens (including phenoxy) is 1. The van der Waals surface area contributed by atoms with Crippen molar-refractivity contribution in [3.8, 4) is 5.75 Å². The Balaban J connectivity index is 1.87. The van der Waals surface area contributed by atoms with E-state index >= 15 is 0 Å². The zero-order valence-electron chi connectivity index (χ0n) is 12.2. The summed E-state index contributed by atoms with van der Waals surface area (Å²) in [6, 6.07) is 5.40. The molecular formula is C16H22ClNO3. The molecule has 0 radical (unpaired) electrons. The Morgan fingerprint density at radius 3 is 2.76 bits per heavy atom. The number of carbonyl (C=O) groups is 1. The molecule has 1 aliphatic heterocycles. The fraction of sp³-hybridized carbons (Fsp3) is 0.562. The topological polar surface area (TPSA) is 49.8 Å². The van der Waals surface area contributed by atoms with Gasteiger partial charge in [-0.25, -0.2) is 0 Å². The van der Waals surface area contributed by atoms with Crippen LogP contribution in [0, 0.1) is 0 Å². The van der Waals surface area contributed by atoms with Crippen LogP contribution < -0.4 is 4.74 Å². The highest BCUT2D eigenvalue weighted by atomic mass is 35.5. The minimum Gasteiger partial charge on any atom is -0.492 e. The van der Waals surface area contributed by atoms with Crippen molar-refractivity contribution in [1.29, 1.82) is 0 Å². The van der Waals surface area contributed by atoms with Crippen LogP contribution in [-0.4, -0.2) is 42.2 Å². The minimum atomic E-state index is -0.811. The van der Waals surface area contributed by atoms with Gasteiger partial charge in [-0.15, -0.1) is 0 Å². The highest BCUT2D eigenvalue weighted by Crippen LogP contribution is 2.24. The molecule has 1 N–H and O–H groups in total. The zero-order chi connectivity index (χ0) is 15.1. The van der Waals surface area contributed by atoms with Crippen LogP contribution in [0.4, 0.5) is 0 Å². The smallest absolute Gasteiger partial charge is 0.303 e. The largest absolute Gasteiger partial charge is 0.492 e. The molecule has 1 aliphatic rings. The monoisotopic (exact) mass is 311 g/mol. The molecule has 5 heteroatoms. The molecule has 0 unspecified atom stereocenters. The summed E-state index contributed by atoms with van der Waals surface area (Å²) in [5.74, 6) is -0.0631. The van der Waals surface area contributed by atoms with E-state index < -0.39 is 5.97 Å². The van der Waals surface area contributed by atoms with Crippen molar-refractivity contribution in [1.82, 2.24) is 4.90 Å². The maximum atomic E-state index is 10.7. The van der Waals surface area contributed by atoms with Gasteiger partial charge in [-0.3, -0.25) is 9.69 Å². The first-order valence-electron chi connectivity index (χ1n) is 7.50. The van der Waals surface area contributed by atoms with Crippen LogP contribution in [-0.2, 0) is 11.2 Å². The molecule has 0 saturated carbocycles. The summed E-state index contributed by atoms with van der Waals surface area (Å²) in [7, 11) is 0. The molecule has 0 aliphatic carbocycles. The van der Waals surface area contributed by atoms with E-state index in [1.54, 1.807) is 12.1 Å². The van der Waals surface area contributed by atoms with E-state index in [0.29, 0.717) is 18.1 Å². The fourth-order valence-corrected chi connectivity index (χ4v) is 2.79. The van der Waals surface area contributed by atoms with Crippen molar-refractivity contribution < 1.29 is 14.6 Å². The van der Waals surface area contributed by atoms with Gasteiger partial charge in [-0.2, -0.15) is 0 Å². The van der Waals surface area contributed by atoms with E-state index in [4.69, 9.17) is 21.4 Å². The Morgan fingerprint density at radius 1 is 1.29 bits per heavy atom. The Morgan fingerprint density at radius 2 is 2.05 bits per heavy atom. The lowest BCUT2D eigenvalue weighted by Gasteiger charge is -2.26. The van der Waals surface area contributed by atoms with Crippen molar-refractivity contribution >= 4 is 17.6 Å². The number of aryl methyl sites for hydroxylation is 1. The van der Waals surface area contributed by atoms with E-state index in [9.17, 15) is 4.79 Å². The summed E-state index contributed by atoms with van der Waals surface area (Å²) in [6.45, 7) is 3.84. The van der Waals surface area contributed by atoms with Crippen LogP contribution in [0.1, 0.15) is 31.2 Å². The molecular weight excluding hydrogens is 290 g/mol. The van der Waals surface area contributed by atoms with Crippen molar-refractivity contribution in [3.05, 3.63) is 28.8 Å². The quantitative estimate of drug-likeness (QED) is 0.840. The van der Waals surface area contributed by atoms with Gasteiger partial charge in [-0.05, 0) is 56.1 Å². The first-order chi connectivity index (χ1) is 10.1. The van der Waals surface area contributed by atoms with Crippen LogP contribution in [0.25, 0.3) is 0 Å². The molecule has 21 heavy (non-hydrogen) atoms. The lowest BCUT2D eigenvalue weighted by Crippen LogP contribution is -2.33. The average Bonchev–Trinajstić information content (AvgIpc) is 2.48. The normalized spacial score (nSPS) is 15.9. The number of aliphatic carboxylic acids is 1. The van der Waals surface area contributed by atoms with Crippen LogP contribution in [0.15, 0.2) is 18.2 Å².